The van der Waals surface area contributed by atoms with Crippen LogP contribution in [0.15, 0.2) is 23.1 Å². The molecule has 1 heterocycles. The minimum Gasteiger partial charge on any atom is -0.325 e. The van der Waals surface area contributed by atoms with E-state index < -0.39 is 11.7 Å². The third-order valence-electron chi connectivity index (χ3n) is 2.18. The van der Waals surface area contributed by atoms with Gasteiger partial charge in [0.05, 0.1) is 11.3 Å². The Kier molecular flexibility index (Phi) is 2.84. The zero-order valence-corrected chi connectivity index (χ0v) is 8.91. The second-order valence-corrected chi connectivity index (χ2v) is 4.46. The van der Waals surface area contributed by atoms with Crippen molar-refractivity contribution in [3.8, 4) is 0 Å². The van der Waals surface area contributed by atoms with Crippen LogP contribution in [0.1, 0.15) is 12.0 Å². The summed E-state index contributed by atoms with van der Waals surface area (Å²) >= 11 is 1.26. The van der Waals surface area contributed by atoms with Crippen LogP contribution in [0.25, 0.3) is 0 Å². The summed E-state index contributed by atoms with van der Waals surface area (Å²) in [5, 5.41) is 2.32. The summed E-state index contributed by atoms with van der Waals surface area (Å²) in [5.41, 5.74) is -0.893. The Morgan fingerprint density at radius 3 is 2.75 bits per heavy atom. The van der Waals surface area contributed by atoms with Crippen molar-refractivity contribution in [2.24, 2.45) is 0 Å². The molecule has 1 amide bonds. The fraction of sp³-hybridized carbons (Fsp3) is 0.300. The van der Waals surface area contributed by atoms with Crippen LogP contribution in [-0.2, 0) is 11.0 Å². The first kappa shape index (κ1) is 11.3. The van der Waals surface area contributed by atoms with E-state index in [1.807, 2.05) is 0 Å². The number of fused-ring (bicyclic) bond motifs is 1. The van der Waals surface area contributed by atoms with Gasteiger partial charge in [0.25, 0.3) is 0 Å². The summed E-state index contributed by atoms with van der Waals surface area (Å²) in [6.45, 7) is 0. The molecule has 2 rings (SSSR count). The second-order valence-electron chi connectivity index (χ2n) is 3.32. The average molecular weight is 247 g/mol. The fourth-order valence-electron chi connectivity index (χ4n) is 1.47. The molecule has 0 saturated heterocycles. The number of alkyl halides is 3. The highest BCUT2D eigenvalue weighted by Gasteiger charge is 2.35. The lowest BCUT2D eigenvalue weighted by atomic mass is 10.1. The first-order chi connectivity index (χ1) is 7.48. The molecule has 0 spiro atoms. The third-order valence-corrected chi connectivity index (χ3v) is 3.24. The number of amides is 1. The fourth-order valence-corrected chi connectivity index (χ4v) is 2.46. The predicted molar refractivity (Wildman–Crippen MR) is 55.4 cm³/mol. The zero-order chi connectivity index (χ0) is 11.8. The Morgan fingerprint density at radius 1 is 1.31 bits per heavy atom. The number of carbonyl (C=O) groups is 1. The van der Waals surface area contributed by atoms with E-state index >= 15 is 0 Å². The lowest BCUT2D eigenvalue weighted by Gasteiger charge is -2.14. The molecular weight excluding hydrogens is 239 g/mol. The normalized spacial score (nSPS) is 16.3. The van der Waals surface area contributed by atoms with Crippen molar-refractivity contribution in [2.45, 2.75) is 17.5 Å². The molecule has 0 fully saturated rings. The van der Waals surface area contributed by atoms with Crippen LogP contribution in [0.5, 0.6) is 0 Å². The largest absolute Gasteiger partial charge is 0.418 e. The smallest absolute Gasteiger partial charge is 0.325 e. The SMILES string of the molecule is O=C1CCSc2cccc(C(F)(F)F)c2N1. The maximum absolute atomic E-state index is 12.7. The summed E-state index contributed by atoms with van der Waals surface area (Å²) in [4.78, 5) is 11.7. The van der Waals surface area contributed by atoms with Crippen LogP contribution in [0.3, 0.4) is 0 Å². The molecule has 0 aromatic heterocycles. The maximum Gasteiger partial charge on any atom is 0.418 e. The van der Waals surface area contributed by atoms with Crippen LogP contribution in [0.2, 0.25) is 0 Å². The number of halogens is 3. The van der Waals surface area contributed by atoms with Gasteiger partial charge in [-0.15, -0.1) is 11.8 Å². The van der Waals surface area contributed by atoms with Crippen molar-refractivity contribution in [2.75, 3.05) is 11.1 Å². The summed E-state index contributed by atoms with van der Waals surface area (Å²) in [7, 11) is 0. The molecule has 2 nitrogen and oxygen atoms in total. The van der Waals surface area contributed by atoms with Gasteiger partial charge in [-0.25, -0.2) is 0 Å². The van der Waals surface area contributed by atoms with Crippen molar-refractivity contribution in [1.29, 1.82) is 0 Å². The van der Waals surface area contributed by atoms with Crippen LogP contribution in [-0.4, -0.2) is 11.7 Å². The maximum atomic E-state index is 12.7. The molecule has 0 unspecified atom stereocenters. The topological polar surface area (TPSA) is 29.1 Å². The number of thioether (sulfide) groups is 1. The van der Waals surface area contributed by atoms with E-state index in [1.54, 1.807) is 6.07 Å². The quantitative estimate of drug-likeness (QED) is 0.763. The number of hydrogen-bond donors (Lipinski definition) is 1. The molecule has 16 heavy (non-hydrogen) atoms. The molecule has 1 aliphatic heterocycles. The molecule has 1 aromatic carbocycles. The van der Waals surface area contributed by atoms with Gasteiger partial charge in [-0.3, -0.25) is 4.79 Å². The molecule has 0 bridgehead atoms. The minimum atomic E-state index is -4.44. The number of rotatable bonds is 0. The van der Waals surface area contributed by atoms with Crippen molar-refractivity contribution in [1.82, 2.24) is 0 Å². The van der Waals surface area contributed by atoms with Crippen molar-refractivity contribution < 1.29 is 18.0 Å². The van der Waals surface area contributed by atoms with Crippen LogP contribution in [0.4, 0.5) is 18.9 Å². The monoisotopic (exact) mass is 247 g/mol. The first-order valence-corrected chi connectivity index (χ1v) is 5.60. The Balaban J connectivity index is 2.53. The van der Waals surface area contributed by atoms with E-state index in [1.165, 1.54) is 17.8 Å². The number of nitrogens with one attached hydrogen (secondary N) is 1. The first-order valence-electron chi connectivity index (χ1n) is 4.61. The molecule has 1 aliphatic rings. The predicted octanol–water partition coefficient (Wildman–Crippen LogP) is 3.14. The van der Waals surface area contributed by atoms with Crippen molar-refractivity contribution in [3.63, 3.8) is 0 Å². The van der Waals surface area contributed by atoms with Gasteiger partial charge in [0.2, 0.25) is 5.91 Å². The molecular formula is C10H8F3NOS. The van der Waals surface area contributed by atoms with Gasteiger partial charge in [0.1, 0.15) is 0 Å². The van der Waals surface area contributed by atoms with Crippen molar-refractivity contribution >= 4 is 23.4 Å². The lowest BCUT2D eigenvalue weighted by molar-refractivity contribution is -0.137. The van der Waals surface area contributed by atoms with E-state index in [9.17, 15) is 18.0 Å². The molecule has 0 atom stereocenters. The van der Waals surface area contributed by atoms with E-state index in [0.717, 1.165) is 6.07 Å². The standard InChI is InChI=1S/C10H8F3NOS/c11-10(12,13)6-2-1-3-7-9(6)14-8(15)4-5-16-7/h1-3H,4-5H2,(H,14,15). The van der Waals surface area contributed by atoms with Gasteiger partial charge >= 0.3 is 6.18 Å². The van der Waals surface area contributed by atoms with E-state index in [0.29, 0.717) is 10.6 Å². The summed E-state index contributed by atoms with van der Waals surface area (Å²) in [6, 6.07) is 3.91. The van der Waals surface area contributed by atoms with Crippen LogP contribution in [0, 0.1) is 0 Å². The van der Waals surface area contributed by atoms with Crippen LogP contribution < -0.4 is 5.32 Å². The number of carbonyl (C=O) groups excluding carboxylic acids is 1. The van der Waals surface area contributed by atoms with Gasteiger partial charge in [-0.05, 0) is 12.1 Å². The Bertz CT molecular complexity index is 431. The second kappa shape index (κ2) is 4.01. The zero-order valence-electron chi connectivity index (χ0n) is 8.10. The number of hydrogen-bond acceptors (Lipinski definition) is 2. The Hall–Kier alpha value is -1.17. The highest BCUT2D eigenvalue weighted by molar-refractivity contribution is 7.99. The summed E-state index contributed by atoms with van der Waals surface area (Å²) in [6.07, 6.45) is -4.21. The van der Waals surface area contributed by atoms with Gasteiger partial charge < -0.3 is 5.32 Å². The average Bonchev–Trinajstić information content (AvgIpc) is 2.36. The molecule has 6 heteroatoms. The van der Waals surface area contributed by atoms with Gasteiger partial charge in [0, 0.05) is 17.1 Å². The molecule has 0 radical (unpaired) electrons. The molecule has 1 N–H and O–H groups in total. The van der Waals surface area contributed by atoms with Gasteiger partial charge in [-0.2, -0.15) is 13.2 Å². The molecule has 1 aromatic rings. The van der Waals surface area contributed by atoms with Gasteiger partial charge in [-0.1, -0.05) is 6.07 Å². The summed E-state index contributed by atoms with van der Waals surface area (Å²) < 4.78 is 38.0. The van der Waals surface area contributed by atoms with Crippen molar-refractivity contribution in [3.05, 3.63) is 23.8 Å². The Morgan fingerprint density at radius 2 is 2.06 bits per heavy atom. The number of anilines is 1. The summed E-state index contributed by atoms with van der Waals surface area (Å²) in [5.74, 6) is 0.128. The highest BCUT2D eigenvalue weighted by atomic mass is 32.2. The molecule has 0 aliphatic carbocycles. The van der Waals surface area contributed by atoms with Crippen LogP contribution >= 0.6 is 11.8 Å². The van der Waals surface area contributed by atoms with E-state index in [-0.39, 0.29) is 18.0 Å². The van der Waals surface area contributed by atoms with E-state index in [4.69, 9.17) is 0 Å². The Labute approximate surface area is 94.2 Å². The van der Waals surface area contributed by atoms with E-state index in [2.05, 4.69) is 5.32 Å². The minimum absolute atomic E-state index is 0.109. The lowest BCUT2D eigenvalue weighted by Crippen LogP contribution is -2.15. The van der Waals surface area contributed by atoms with Gasteiger partial charge in [0.15, 0.2) is 0 Å². The highest BCUT2D eigenvalue weighted by Crippen LogP contribution is 2.41. The third kappa shape index (κ3) is 2.16. The number of benzene rings is 1. The molecule has 86 valence electrons. The molecule has 0 saturated carbocycles. The number of para-hydroxylation sites is 1.